The number of likely N-dealkylation sites (tertiary alicyclic amines) is 1. The summed E-state index contributed by atoms with van der Waals surface area (Å²) in [4.78, 5) is 2.62. The highest BCUT2D eigenvalue weighted by Crippen LogP contribution is 2.14. The van der Waals surface area contributed by atoms with E-state index in [0.29, 0.717) is 0 Å². The third-order valence-corrected chi connectivity index (χ3v) is 5.01. The van der Waals surface area contributed by atoms with Crippen LogP contribution in [0.5, 0.6) is 0 Å². The van der Waals surface area contributed by atoms with Crippen LogP contribution in [0, 0.1) is 0 Å². The van der Waals surface area contributed by atoms with Gasteiger partial charge in [0.1, 0.15) is 4.90 Å². The monoisotopic (exact) mass is 286 g/mol. The van der Waals surface area contributed by atoms with Crippen molar-refractivity contribution in [3.8, 4) is 0 Å². The molecule has 1 aromatic heterocycles. The van der Waals surface area contributed by atoms with Gasteiger partial charge in [0.25, 0.3) is 0 Å². The van der Waals surface area contributed by atoms with Gasteiger partial charge in [-0.1, -0.05) is 13.3 Å². The number of H-pyrrole nitrogens is 1. The Bertz CT molecular complexity index is 464. The Morgan fingerprint density at radius 3 is 2.79 bits per heavy atom. The molecule has 7 heteroatoms. The van der Waals surface area contributed by atoms with Gasteiger partial charge in [-0.15, -0.1) is 0 Å². The number of unbranched alkanes of at least 4 members (excludes halogenated alkanes) is 1. The van der Waals surface area contributed by atoms with Crippen LogP contribution in [0.25, 0.3) is 0 Å². The SMILES string of the molecule is CCCCN1CCC(NS(=O)(=O)c2cn[nH]c2)CC1. The zero-order valence-corrected chi connectivity index (χ0v) is 12.1. The summed E-state index contributed by atoms with van der Waals surface area (Å²) in [5.41, 5.74) is 0. The van der Waals surface area contributed by atoms with Crippen molar-refractivity contribution in [2.75, 3.05) is 19.6 Å². The highest BCUT2D eigenvalue weighted by Gasteiger charge is 2.24. The minimum absolute atomic E-state index is 0.0396. The first-order chi connectivity index (χ1) is 9.12. The second kappa shape index (κ2) is 6.49. The van der Waals surface area contributed by atoms with Crippen molar-refractivity contribution < 1.29 is 8.42 Å². The Hall–Kier alpha value is -0.920. The fraction of sp³-hybridized carbons (Fsp3) is 0.750. The summed E-state index contributed by atoms with van der Waals surface area (Å²) in [7, 11) is -3.41. The van der Waals surface area contributed by atoms with Gasteiger partial charge in [-0.3, -0.25) is 5.10 Å². The standard InChI is InChI=1S/C12H22N4O2S/c1-2-3-6-16-7-4-11(5-8-16)15-19(17,18)12-9-13-14-10-12/h9-11,15H,2-8H2,1H3,(H,13,14). The fourth-order valence-electron chi connectivity index (χ4n) is 2.33. The molecule has 0 aliphatic carbocycles. The molecule has 1 aliphatic heterocycles. The molecular weight excluding hydrogens is 264 g/mol. The van der Waals surface area contributed by atoms with E-state index in [2.05, 4.69) is 26.7 Å². The highest BCUT2D eigenvalue weighted by atomic mass is 32.2. The number of rotatable bonds is 6. The van der Waals surface area contributed by atoms with E-state index in [1.807, 2.05) is 0 Å². The maximum atomic E-state index is 12.0. The molecule has 1 saturated heterocycles. The molecule has 0 bridgehead atoms. The van der Waals surface area contributed by atoms with Gasteiger partial charge in [0.15, 0.2) is 0 Å². The van der Waals surface area contributed by atoms with Gasteiger partial charge in [0.2, 0.25) is 10.0 Å². The molecule has 0 spiro atoms. The van der Waals surface area contributed by atoms with Gasteiger partial charge < -0.3 is 4.90 Å². The number of sulfonamides is 1. The van der Waals surface area contributed by atoms with Crippen LogP contribution in [0.4, 0.5) is 0 Å². The van der Waals surface area contributed by atoms with Crippen molar-refractivity contribution in [2.24, 2.45) is 0 Å². The van der Waals surface area contributed by atoms with E-state index in [1.54, 1.807) is 0 Å². The molecule has 108 valence electrons. The number of aromatic nitrogens is 2. The molecule has 1 aromatic rings. The maximum absolute atomic E-state index is 12.0. The quantitative estimate of drug-likeness (QED) is 0.816. The Morgan fingerprint density at radius 1 is 1.47 bits per heavy atom. The average Bonchev–Trinajstić information content (AvgIpc) is 2.92. The molecule has 0 atom stereocenters. The minimum Gasteiger partial charge on any atom is -0.303 e. The zero-order chi connectivity index (χ0) is 13.7. The number of nitrogens with zero attached hydrogens (tertiary/aromatic N) is 2. The van der Waals surface area contributed by atoms with E-state index >= 15 is 0 Å². The summed E-state index contributed by atoms with van der Waals surface area (Å²) >= 11 is 0. The summed E-state index contributed by atoms with van der Waals surface area (Å²) < 4.78 is 26.8. The maximum Gasteiger partial charge on any atom is 0.243 e. The van der Waals surface area contributed by atoms with Crippen molar-refractivity contribution in [2.45, 2.75) is 43.5 Å². The number of hydrogen-bond acceptors (Lipinski definition) is 4. The lowest BCUT2D eigenvalue weighted by Gasteiger charge is -2.31. The molecule has 0 radical (unpaired) electrons. The van der Waals surface area contributed by atoms with Crippen LogP contribution >= 0.6 is 0 Å². The Balaban J connectivity index is 1.83. The molecule has 0 aromatic carbocycles. The predicted molar refractivity (Wildman–Crippen MR) is 73.3 cm³/mol. The van der Waals surface area contributed by atoms with Gasteiger partial charge in [0, 0.05) is 12.2 Å². The molecule has 0 unspecified atom stereocenters. The number of hydrogen-bond donors (Lipinski definition) is 2. The molecule has 0 amide bonds. The Kier molecular flexibility index (Phi) is 4.95. The van der Waals surface area contributed by atoms with Gasteiger partial charge in [-0.05, 0) is 38.9 Å². The van der Waals surface area contributed by atoms with Crippen LogP contribution in [0.3, 0.4) is 0 Å². The summed E-state index contributed by atoms with van der Waals surface area (Å²) in [6, 6.07) is 0.0396. The van der Waals surface area contributed by atoms with Crippen LogP contribution in [0.15, 0.2) is 17.3 Å². The first kappa shape index (κ1) is 14.5. The third-order valence-electron chi connectivity index (χ3n) is 3.52. The lowest BCUT2D eigenvalue weighted by Crippen LogP contribution is -2.44. The van der Waals surface area contributed by atoms with Crippen LogP contribution in [0.2, 0.25) is 0 Å². The smallest absolute Gasteiger partial charge is 0.243 e. The lowest BCUT2D eigenvalue weighted by molar-refractivity contribution is 0.205. The number of aromatic amines is 1. The minimum atomic E-state index is -3.41. The summed E-state index contributed by atoms with van der Waals surface area (Å²) in [5.74, 6) is 0. The first-order valence-electron chi connectivity index (χ1n) is 6.85. The fourth-order valence-corrected chi connectivity index (χ4v) is 3.54. The molecule has 1 fully saturated rings. The molecule has 0 saturated carbocycles. The van der Waals surface area contributed by atoms with Crippen LogP contribution < -0.4 is 4.72 Å². The van der Waals surface area contributed by atoms with Crippen LogP contribution in [-0.2, 0) is 10.0 Å². The van der Waals surface area contributed by atoms with E-state index in [1.165, 1.54) is 25.2 Å². The highest BCUT2D eigenvalue weighted by molar-refractivity contribution is 7.89. The largest absolute Gasteiger partial charge is 0.303 e. The van der Waals surface area contributed by atoms with Crippen LogP contribution in [-0.4, -0.2) is 49.2 Å². The molecule has 2 rings (SSSR count). The van der Waals surface area contributed by atoms with Crippen molar-refractivity contribution in [1.29, 1.82) is 0 Å². The summed E-state index contributed by atoms with van der Waals surface area (Å²) in [6.45, 7) is 5.25. The molecule has 1 aliphatic rings. The van der Waals surface area contributed by atoms with Gasteiger partial charge in [-0.25, -0.2) is 13.1 Å². The molecular formula is C12H22N4O2S. The Morgan fingerprint density at radius 2 is 2.21 bits per heavy atom. The first-order valence-corrected chi connectivity index (χ1v) is 8.33. The van der Waals surface area contributed by atoms with E-state index in [0.717, 1.165) is 32.5 Å². The zero-order valence-electron chi connectivity index (χ0n) is 11.3. The van der Waals surface area contributed by atoms with Crippen molar-refractivity contribution >= 4 is 10.0 Å². The second-order valence-corrected chi connectivity index (χ2v) is 6.74. The van der Waals surface area contributed by atoms with E-state index in [9.17, 15) is 8.42 Å². The number of nitrogens with one attached hydrogen (secondary N) is 2. The summed E-state index contributed by atoms with van der Waals surface area (Å²) in [5, 5.41) is 6.20. The van der Waals surface area contributed by atoms with E-state index in [4.69, 9.17) is 0 Å². The number of piperidine rings is 1. The molecule has 2 N–H and O–H groups in total. The van der Waals surface area contributed by atoms with E-state index < -0.39 is 10.0 Å². The van der Waals surface area contributed by atoms with Crippen LogP contribution in [0.1, 0.15) is 32.6 Å². The molecule has 19 heavy (non-hydrogen) atoms. The second-order valence-electron chi connectivity index (χ2n) is 5.02. The van der Waals surface area contributed by atoms with Gasteiger partial charge >= 0.3 is 0 Å². The molecule has 2 heterocycles. The van der Waals surface area contributed by atoms with Gasteiger partial charge in [0.05, 0.1) is 6.20 Å². The van der Waals surface area contributed by atoms with Crippen molar-refractivity contribution in [3.05, 3.63) is 12.4 Å². The van der Waals surface area contributed by atoms with Crippen molar-refractivity contribution in [3.63, 3.8) is 0 Å². The average molecular weight is 286 g/mol. The normalized spacial score (nSPS) is 18.8. The summed E-state index contributed by atoms with van der Waals surface area (Å²) in [6.07, 6.45) is 6.90. The van der Waals surface area contributed by atoms with Gasteiger partial charge in [-0.2, -0.15) is 5.10 Å². The van der Waals surface area contributed by atoms with Crippen molar-refractivity contribution in [1.82, 2.24) is 19.8 Å². The lowest BCUT2D eigenvalue weighted by atomic mass is 10.1. The van der Waals surface area contributed by atoms with E-state index in [-0.39, 0.29) is 10.9 Å². The Labute approximate surface area is 114 Å². The predicted octanol–water partition coefficient (Wildman–Crippen LogP) is 0.952. The third kappa shape index (κ3) is 4.02. The topological polar surface area (TPSA) is 78.1 Å². The molecule has 6 nitrogen and oxygen atoms in total.